The van der Waals surface area contributed by atoms with Crippen LogP contribution in [-0.4, -0.2) is 45.0 Å². The molecule has 0 N–H and O–H groups in total. The number of amides is 3. The van der Waals surface area contributed by atoms with Crippen LogP contribution in [0.3, 0.4) is 0 Å². The Morgan fingerprint density at radius 1 is 1.03 bits per heavy atom. The normalized spacial score (nSPS) is 13.5. The molecule has 3 amide bonds. The maximum atomic E-state index is 13.0. The number of carbonyl (C=O) groups excluding carboxylic acids is 4. The first-order chi connectivity index (χ1) is 13.8. The Bertz CT molecular complexity index is 999. The molecule has 1 fully saturated rings. The van der Waals surface area contributed by atoms with Gasteiger partial charge in [-0.2, -0.15) is 5.01 Å². The summed E-state index contributed by atoms with van der Waals surface area (Å²) in [6.07, 6.45) is -0.146. The van der Waals surface area contributed by atoms with Crippen LogP contribution in [0.25, 0.3) is 0 Å². The molecule has 1 aliphatic rings. The van der Waals surface area contributed by atoms with Crippen molar-refractivity contribution in [1.29, 1.82) is 0 Å². The summed E-state index contributed by atoms with van der Waals surface area (Å²) in [7, 11) is 0. The molecule has 29 heavy (non-hydrogen) atoms. The van der Waals surface area contributed by atoms with Crippen LogP contribution in [0.4, 0.5) is 5.69 Å². The van der Waals surface area contributed by atoms with Crippen LogP contribution < -0.4 is 0 Å². The Balaban J connectivity index is 1.95. The lowest BCUT2D eigenvalue weighted by molar-refractivity contribution is -0.384. The van der Waals surface area contributed by atoms with Crippen molar-refractivity contribution in [2.75, 3.05) is 6.54 Å². The number of hydrazine groups is 1. The van der Waals surface area contributed by atoms with Gasteiger partial charge < -0.3 is 0 Å². The van der Waals surface area contributed by atoms with E-state index in [1.165, 1.54) is 18.2 Å². The van der Waals surface area contributed by atoms with Crippen LogP contribution in [0.5, 0.6) is 0 Å². The van der Waals surface area contributed by atoms with Crippen molar-refractivity contribution in [3.05, 3.63) is 75.3 Å². The van der Waals surface area contributed by atoms with Crippen LogP contribution in [0.1, 0.15) is 39.1 Å². The van der Waals surface area contributed by atoms with Gasteiger partial charge in [0.2, 0.25) is 11.8 Å². The smallest absolute Gasteiger partial charge is 0.273 e. The van der Waals surface area contributed by atoms with Crippen LogP contribution in [-0.2, 0) is 9.59 Å². The van der Waals surface area contributed by atoms with Crippen molar-refractivity contribution in [3.63, 3.8) is 0 Å². The Labute approximate surface area is 165 Å². The number of benzene rings is 2. The number of nitro groups is 1. The van der Waals surface area contributed by atoms with Gasteiger partial charge in [-0.25, -0.2) is 5.01 Å². The SMILES string of the molecule is Cc1ccc(C(=O)CN(C(=O)c2cccc([N+](=O)[O-])c2)N2C(=O)CCC2=O)cc1. The van der Waals surface area contributed by atoms with E-state index in [0.29, 0.717) is 10.6 Å². The van der Waals surface area contributed by atoms with Crippen molar-refractivity contribution < 1.29 is 24.1 Å². The van der Waals surface area contributed by atoms with Gasteiger partial charge in [-0.1, -0.05) is 35.9 Å². The summed E-state index contributed by atoms with van der Waals surface area (Å²) < 4.78 is 0. The molecule has 0 spiro atoms. The molecule has 0 unspecified atom stereocenters. The highest BCUT2D eigenvalue weighted by Gasteiger charge is 2.38. The Hall–Kier alpha value is -3.88. The van der Waals surface area contributed by atoms with Crippen LogP contribution in [0, 0.1) is 17.0 Å². The average molecular weight is 395 g/mol. The molecule has 9 heteroatoms. The minimum atomic E-state index is -0.849. The third kappa shape index (κ3) is 4.18. The number of non-ortho nitro benzene ring substituents is 1. The minimum absolute atomic E-state index is 0.0731. The molecule has 2 aromatic carbocycles. The van der Waals surface area contributed by atoms with E-state index in [2.05, 4.69) is 0 Å². The van der Waals surface area contributed by atoms with E-state index < -0.39 is 35.0 Å². The summed E-state index contributed by atoms with van der Waals surface area (Å²) in [6, 6.07) is 11.5. The molecule has 1 saturated heterocycles. The molecule has 1 aliphatic heterocycles. The largest absolute Gasteiger partial charge is 0.292 e. The van der Waals surface area contributed by atoms with Crippen LogP contribution >= 0.6 is 0 Å². The summed E-state index contributed by atoms with van der Waals surface area (Å²) >= 11 is 0. The highest BCUT2D eigenvalue weighted by Crippen LogP contribution is 2.21. The van der Waals surface area contributed by atoms with Gasteiger partial charge in [0.05, 0.1) is 4.92 Å². The molecule has 1 heterocycles. The molecule has 0 aromatic heterocycles. The molecule has 0 saturated carbocycles. The number of ketones is 1. The highest BCUT2D eigenvalue weighted by atomic mass is 16.6. The number of nitrogens with zero attached hydrogens (tertiary/aromatic N) is 3. The van der Waals surface area contributed by atoms with E-state index in [0.717, 1.165) is 16.6 Å². The highest BCUT2D eigenvalue weighted by molar-refractivity contribution is 6.08. The van der Waals surface area contributed by atoms with Gasteiger partial charge in [0.1, 0.15) is 6.54 Å². The van der Waals surface area contributed by atoms with Crippen molar-refractivity contribution >= 4 is 29.2 Å². The number of nitro benzene ring substituents is 1. The molecule has 0 radical (unpaired) electrons. The van der Waals surface area contributed by atoms with E-state index >= 15 is 0 Å². The molecular formula is C20H17N3O6. The topological polar surface area (TPSA) is 118 Å². The molecule has 0 aliphatic carbocycles. The molecule has 0 bridgehead atoms. The predicted octanol–water partition coefficient (Wildman–Crippen LogP) is 2.29. The maximum Gasteiger partial charge on any atom is 0.273 e. The maximum absolute atomic E-state index is 13.0. The Morgan fingerprint density at radius 3 is 2.24 bits per heavy atom. The summed E-state index contributed by atoms with van der Waals surface area (Å²) in [4.78, 5) is 60.4. The van der Waals surface area contributed by atoms with Gasteiger partial charge in [-0.05, 0) is 13.0 Å². The van der Waals surface area contributed by atoms with Crippen molar-refractivity contribution in [3.8, 4) is 0 Å². The lowest BCUT2D eigenvalue weighted by atomic mass is 10.1. The van der Waals surface area contributed by atoms with Gasteiger partial charge in [0.25, 0.3) is 11.6 Å². The zero-order valence-corrected chi connectivity index (χ0v) is 15.5. The summed E-state index contributed by atoms with van der Waals surface area (Å²) in [5, 5.41) is 12.4. The van der Waals surface area contributed by atoms with Gasteiger partial charge in [-0.15, -0.1) is 0 Å². The fraction of sp³-hybridized carbons (Fsp3) is 0.200. The van der Waals surface area contributed by atoms with Crippen molar-refractivity contribution in [2.24, 2.45) is 0 Å². The van der Waals surface area contributed by atoms with Gasteiger partial charge in [-0.3, -0.25) is 29.3 Å². The second kappa shape index (κ2) is 8.01. The van der Waals surface area contributed by atoms with E-state index in [1.54, 1.807) is 24.3 Å². The molecule has 0 atom stereocenters. The number of rotatable bonds is 6. The summed E-state index contributed by atoms with van der Waals surface area (Å²) in [5.74, 6) is -2.54. The predicted molar refractivity (Wildman–Crippen MR) is 101 cm³/mol. The van der Waals surface area contributed by atoms with Crippen LogP contribution in [0.15, 0.2) is 48.5 Å². The van der Waals surface area contributed by atoms with Gasteiger partial charge in [0.15, 0.2) is 5.78 Å². The number of Topliss-reactive ketones (excluding diaryl/α,β-unsaturated/α-hetero) is 1. The first-order valence-electron chi connectivity index (χ1n) is 8.80. The van der Waals surface area contributed by atoms with Crippen molar-refractivity contribution in [2.45, 2.75) is 19.8 Å². The molecule has 148 valence electrons. The molecule has 9 nitrogen and oxygen atoms in total. The first kappa shape index (κ1) is 19.9. The number of aryl methyl sites for hydroxylation is 1. The summed E-state index contributed by atoms with van der Waals surface area (Å²) in [5.41, 5.74) is 0.825. The van der Waals surface area contributed by atoms with Gasteiger partial charge in [0, 0.05) is 36.1 Å². The fourth-order valence-electron chi connectivity index (χ4n) is 2.94. The van der Waals surface area contributed by atoms with Crippen LogP contribution in [0.2, 0.25) is 0 Å². The summed E-state index contributed by atoms with van der Waals surface area (Å²) in [6.45, 7) is 1.30. The molecule has 3 rings (SSSR count). The van der Waals surface area contributed by atoms with E-state index in [9.17, 15) is 29.3 Å². The minimum Gasteiger partial charge on any atom is -0.292 e. The number of hydrogen-bond donors (Lipinski definition) is 0. The van der Waals surface area contributed by atoms with E-state index in [4.69, 9.17) is 0 Å². The average Bonchev–Trinajstić information content (AvgIpc) is 3.04. The van der Waals surface area contributed by atoms with E-state index in [-0.39, 0.29) is 24.1 Å². The Morgan fingerprint density at radius 2 is 1.66 bits per heavy atom. The lowest BCUT2D eigenvalue weighted by Gasteiger charge is -2.29. The monoisotopic (exact) mass is 395 g/mol. The van der Waals surface area contributed by atoms with Crippen molar-refractivity contribution in [1.82, 2.24) is 10.0 Å². The number of hydrogen-bond acceptors (Lipinski definition) is 6. The number of imide groups is 1. The fourth-order valence-corrected chi connectivity index (χ4v) is 2.94. The van der Waals surface area contributed by atoms with Gasteiger partial charge >= 0.3 is 0 Å². The standard InChI is InChI=1S/C20H17N3O6/c1-13-5-7-14(8-6-13)17(24)12-21(22-18(25)9-10-19(22)26)20(27)15-3-2-4-16(11-15)23(28)29/h2-8,11H,9-10,12H2,1H3. The first-order valence-corrected chi connectivity index (χ1v) is 8.80. The second-order valence-corrected chi connectivity index (χ2v) is 6.56. The zero-order valence-electron chi connectivity index (χ0n) is 15.5. The second-order valence-electron chi connectivity index (χ2n) is 6.56. The molecule has 2 aromatic rings. The zero-order chi connectivity index (χ0) is 21.1. The Kier molecular flexibility index (Phi) is 5.49. The number of carbonyl (C=O) groups is 4. The molecular weight excluding hydrogens is 378 g/mol. The third-order valence-corrected chi connectivity index (χ3v) is 4.47. The lowest BCUT2D eigenvalue weighted by Crippen LogP contribution is -2.51. The van der Waals surface area contributed by atoms with E-state index in [1.807, 2.05) is 6.92 Å². The quantitative estimate of drug-likeness (QED) is 0.320. The third-order valence-electron chi connectivity index (χ3n) is 4.47.